The van der Waals surface area contributed by atoms with Gasteiger partial charge < -0.3 is 15.0 Å². The smallest absolute Gasteiger partial charge is 0.263 e. The van der Waals surface area contributed by atoms with Gasteiger partial charge in [-0.05, 0) is 6.07 Å². The van der Waals surface area contributed by atoms with Crippen LogP contribution in [-0.2, 0) is 4.79 Å². The van der Waals surface area contributed by atoms with E-state index < -0.39 is 0 Å². The summed E-state index contributed by atoms with van der Waals surface area (Å²) < 4.78 is 5.01. The predicted octanol–water partition coefficient (Wildman–Crippen LogP) is -0.294. The molecular formula is C7H6N2O3. The summed E-state index contributed by atoms with van der Waals surface area (Å²) in [7, 11) is 0. The monoisotopic (exact) mass is 166 g/mol. The van der Waals surface area contributed by atoms with E-state index in [9.17, 15) is 9.59 Å². The second kappa shape index (κ2) is 2.37. The third kappa shape index (κ3) is 1.05. The van der Waals surface area contributed by atoms with E-state index in [-0.39, 0.29) is 18.1 Å². The molecule has 0 fully saturated rings. The highest BCUT2D eigenvalue weighted by Gasteiger charge is 2.15. The molecule has 1 aromatic rings. The SMILES string of the molecule is O=C1COc2ccc(=O)[nH]c2N1. The number of H-pyrrole nitrogens is 1. The maximum atomic E-state index is 10.8. The molecule has 0 aliphatic carbocycles. The Kier molecular flexibility index (Phi) is 1.36. The Hall–Kier alpha value is -1.78. The first-order chi connectivity index (χ1) is 5.75. The maximum Gasteiger partial charge on any atom is 0.263 e. The van der Waals surface area contributed by atoms with Crippen molar-refractivity contribution in [1.82, 2.24) is 4.98 Å². The molecule has 5 nitrogen and oxygen atoms in total. The second-order valence-corrected chi connectivity index (χ2v) is 2.40. The molecule has 2 N–H and O–H groups in total. The zero-order valence-electron chi connectivity index (χ0n) is 6.09. The molecule has 0 saturated carbocycles. The van der Waals surface area contributed by atoms with Crippen LogP contribution in [0.4, 0.5) is 5.82 Å². The summed E-state index contributed by atoms with van der Waals surface area (Å²) in [5.41, 5.74) is -0.264. The largest absolute Gasteiger partial charge is 0.480 e. The van der Waals surface area contributed by atoms with Crippen molar-refractivity contribution in [3.8, 4) is 5.75 Å². The van der Waals surface area contributed by atoms with Crippen molar-refractivity contribution in [2.24, 2.45) is 0 Å². The van der Waals surface area contributed by atoms with Crippen molar-refractivity contribution in [1.29, 1.82) is 0 Å². The van der Waals surface area contributed by atoms with Crippen LogP contribution in [0.5, 0.6) is 5.75 Å². The molecule has 2 rings (SSSR count). The number of fused-ring (bicyclic) bond motifs is 1. The van der Waals surface area contributed by atoms with Gasteiger partial charge in [-0.15, -0.1) is 0 Å². The molecule has 0 aromatic carbocycles. The van der Waals surface area contributed by atoms with Gasteiger partial charge in [-0.25, -0.2) is 0 Å². The molecule has 0 saturated heterocycles. The first kappa shape index (κ1) is 6.90. The number of carbonyl (C=O) groups is 1. The Bertz CT molecular complexity index is 382. The van der Waals surface area contributed by atoms with Crippen LogP contribution in [0.25, 0.3) is 0 Å². The number of anilines is 1. The zero-order valence-corrected chi connectivity index (χ0v) is 6.09. The van der Waals surface area contributed by atoms with Crippen LogP contribution in [0.2, 0.25) is 0 Å². The number of aromatic nitrogens is 1. The summed E-state index contributed by atoms with van der Waals surface area (Å²) in [6.07, 6.45) is 0. The van der Waals surface area contributed by atoms with Crippen molar-refractivity contribution in [3.05, 3.63) is 22.5 Å². The van der Waals surface area contributed by atoms with Gasteiger partial charge in [-0.3, -0.25) is 9.59 Å². The summed E-state index contributed by atoms with van der Waals surface area (Å²) in [5, 5.41) is 2.48. The molecule has 0 atom stereocenters. The fraction of sp³-hybridized carbons (Fsp3) is 0.143. The number of hydrogen-bond donors (Lipinski definition) is 2. The average molecular weight is 166 g/mol. The van der Waals surface area contributed by atoms with E-state index in [2.05, 4.69) is 10.3 Å². The van der Waals surface area contributed by atoms with Crippen molar-refractivity contribution in [3.63, 3.8) is 0 Å². The van der Waals surface area contributed by atoms with Crippen LogP contribution in [-0.4, -0.2) is 17.5 Å². The molecule has 1 aliphatic rings. The highest BCUT2D eigenvalue weighted by molar-refractivity contribution is 5.94. The Balaban J connectivity index is 2.50. The highest BCUT2D eigenvalue weighted by atomic mass is 16.5. The lowest BCUT2D eigenvalue weighted by atomic mass is 10.4. The number of rotatable bonds is 0. The molecule has 62 valence electrons. The molecule has 1 aliphatic heterocycles. The van der Waals surface area contributed by atoms with E-state index in [1.54, 1.807) is 0 Å². The standard InChI is InChI=1S/C7H6N2O3/c10-5-2-1-4-7(8-5)9-6(11)3-12-4/h1-2H,3H2,(H2,8,9,10,11). The van der Waals surface area contributed by atoms with Gasteiger partial charge in [0.2, 0.25) is 5.56 Å². The Labute approximate surface area is 67.4 Å². The van der Waals surface area contributed by atoms with Crippen molar-refractivity contribution in [2.75, 3.05) is 11.9 Å². The summed E-state index contributed by atoms with van der Waals surface area (Å²) in [5.74, 6) is 0.567. The van der Waals surface area contributed by atoms with Gasteiger partial charge in [0.05, 0.1) is 0 Å². The molecule has 12 heavy (non-hydrogen) atoms. The lowest BCUT2D eigenvalue weighted by Crippen LogP contribution is -2.27. The fourth-order valence-corrected chi connectivity index (χ4v) is 0.993. The first-order valence-electron chi connectivity index (χ1n) is 3.42. The van der Waals surface area contributed by atoms with Crippen LogP contribution in [0.1, 0.15) is 0 Å². The number of amides is 1. The van der Waals surface area contributed by atoms with Crippen molar-refractivity contribution >= 4 is 11.7 Å². The number of hydrogen-bond acceptors (Lipinski definition) is 3. The van der Waals surface area contributed by atoms with E-state index in [4.69, 9.17) is 4.74 Å². The molecule has 1 amide bonds. The van der Waals surface area contributed by atoms with Crippen LogP contribution >= 0.6 is 0 Å². The summed E-state index contributed by atoms with van der Waals surface area (Å²) in [6.45, 7) is -0.000949. The summed E-state index contributed by atoms with van der Waals surface area (Å²) >= 11 is 0. The van der Waals surface area contributed by atoms with E-state index in [0.717, 1.165) is 0 Å². The van der Waals surface area contributed by atoms with Gasteiger partial charge in [0.15, 0.2) is 18.2 Å². The van der Waals surface area contributed by atoms with Gasteiger partial charge in [0, 0.05) is 6.07 Å². The lowest BCUT2D eigenvalue weighted by Gasteiger charge is -2.16. The molecular weight excluding hydrogens is 160 g/mol. The van der Waals surface area contributed by atoms with Gasteiger partial charge >= 0.3 is 0 Å². The lowest BCUT2D eigenvalue weighted by molar-refractivity contribution is -0.118. The highest BCUT2D eigenvalue weighted by Crippen LogP contribution is 2.21. The van der Waals surface area contributed by atoms with Crippen LogP contribution in [0.3, 0.4) is 0 Å². The summed E-state index contributed by atoms with van der Waals surface area (Å²) in [6, 6.07) is 2.86. The average Bonchev–Trinajstić information content (AvgIpc) is 2.03. The Morgan fingerprint density at radius 3 is 3.00 bits per heavy atom. The fourth-order valence-electron chi connectivity index (χ4n) is 0.993. The van der Waals surface area contributed by atoms with E-state index >= 15 is 0 Å². The van der Waals surface area contributed by atoms with Crippen molar-refractivity contribution in [2.45, 2.75) is 0 Å². The Morgan fingerprint density at radius 2 is 2.17 bits per heavy atom. The first-order valence-corrected chi connectivity index (χ1v) is 3.42. The normalized spacial score (nSPS) is 14.5. The molecule has 5 heteroatoms. The molecule has 0 bridgehead atoms. The van der Waals surface area contributed by atoms with Crippen LogP contribution in [0.15, 0.2) is 16.9 Å². The van der Waals surface area contributed by atoms with Gasteiger partial charge in [0.25, 0.3) is 5.91 Å². The maximum absolute atomic E-state index is 10.8. The number of nitrogens with one attached hydrogen (secondary N) is 2. The van der Waals surface area contributed by atoms with Crippen molar-refractivity contribution < 1.29 is 9.53 Å². The molecule has 0 radical (unpaired) electrons. The van der Waals surface area contributed by atoms with E-state index in [1.807, 2.05) is 0 Å². The second-order valence-electron chi connectivity index (χ2n) is 2.40. The van der Waals surface area contributed by atoms with Crippen LogP contribution < -0.4 is 15.6 Å². The third-order valence-electron chi connectivity index (χ3n) is 1.50. The number of ether oxygens (including phenoxy) is 1. The van der Waals surface area contributed by atoms with E-state index in [1.165, 1.54) is 12.1 Å². The number of carbonyl (C=O) groups excluding carboxylic acids is 1. The quantitative estimate of drug-likeness (QED) is 0.556. The minimum absolute atomic E-state index is 0.000949. The minimum atomic E-state index is -0.264. The molecule has 0 spiro atoms. The van der Waals surface area contributed by atoms with Crippen LogP contribution in [0, 0.1) is 0 Å². The summed E-state index contributed by atoms with van der Waals surface area (Å²) in [4.78, 5) is 24.0. The minimum Gasteiger partial charge on any atom is -0.480 e. The van der Waals surface area contributed by atoms with Gasteiger partial charge in [-0.2, -0.15) is 0 Å². The third-order valence-corrected chi connectivity index (χ3v) is 1.50. The predicted molar refractivity (Wildman–Crippen MR) is 41.2 cm³/mol. The molecule has 0 unspecified atom stereocenters. The molecule has 2 heterocycles. The van der Waals surface area contributed by atoms with E-state index in [0.29, 0.717) is 11.6 Å². The molecule has 1 aromatic heterocycles. The number of aromatic amines is 1. The van der Waals surface area contributed by atoms with Gasteiger partial charge in [-0.1, -0.05) is 0 Å². The number of pyridine rings is 1. The topological polar surface area (TPSA) is 71.2 Å². The zero-order chi connectivity index (χ0) is 8.55. The Morgan fingerprint density at radius 1 is 1.33 bits per heavy atom. The van der Waals surface area contributed by atoms with Gasteiger partial charge in [0.1, 0.15) is 0 Å².